The highest BCUT2D eigenvalue weighted by Crippen LogP contribution is 2.33. The number of aliphatic imine (C=N–C) groups is 1. The Morgan fingerprint density at radius 1 is 1.16 bits per heavy atom. The van der Waals surface area contributed by atoms with E-state index in [9.17, 15) is 4.79 Å². The van der Waals surface area contributed by atoms with Crippen molar-refractivity contribution in [3.63, 3.8) is 0 Å². The average molecular weight is 368 g/mol. The molecule has 0 unspecified atom stereocenters. The summed E-state index contributed by atoms with van der Waals surface area (Å²) in [4.78, 5) is 20.3. The summed E-state index contributed by atoms with van der Waals surface area (Å²) in [6, 6.07) is 15.4. The van der Waals surface area contributed by atoms with E-state index in [0.717, 1.165) is 27.8 Å². The molecule has 6 heteroatoms. The lowest BCUT2D eigenvalue weighted by Crippen LogP contribution is -2.04. The third kappa shape index (κ3) is 3.08. The van der Waals surface area contributed by atoms with Gasteiger partial charge in [-0.1, -0.05) is 41.9 Å². The molecule has 4 nitrogen and oxygen atoms in total. The van der Waals surface area contributed by atoms with Gasteiger partial charge < -0.3 is 10.3 Å². The van der Waals surface area contributed by atoms with Gasteiger partial charge in [0.2, 0.25) is 0 Å². The molecular formula is C19H14ClN3OS. The Morgan fingerprint density at radius 2 is 1.92 bits per heavy atom. The second-order valence-corrected chi connectivity index (χ2v) is 7.08. The lowest BCUT2D eigenvalue weighted by molar-refractivity contribution is -0.113. The van der Waals surface area contributed by atoms with Crippen LogP contribution in [0.1, 0.15) is 11.3 Å². The van der Waals surface area contributed by atoms with E-state index in [0.29, 0.717) is 15.1 Å². The fourth-order valence-corrected chi connectivity index (χ4v) is 3.75. The van der Waals surface area contributed by atoms with Gasteiger partial charge in [0.1, 0.15) is 0 Å². The fraction of sp³-hybridized carbons (Fsp3) is 0.0526. The maximum absolute atomic E-state index is 12.3. The molecule has 0 radical (unpaired) electrons. The highest BCUT2D eigenvalue weighted by Gasteiger charge is 2.23. The molecule has 2 heterocycles. The van der Waals surface area contributed by atoms with Crippen molar-refractivity contribution in [1.82, 2.24) is 4.98 Å². The van der Waals surface area contributed by atoms with Crippen LogP contribution in [0.3, 0.4) is 0 Å². The maximum Gasteiger partial charge on any atom is 0.286 e. The zero-order chi connectivity index (χ0) is 17.4. The van der Waals surface area contributed by atoms with Crippen LogP contribution < -0.4 is 5.32 Å². The largest absolute Gasteiger partial charge is 0.358 e. The minimum absolute atomic E-state index is 0.246. The van der Waals surface area contributed by atoms with Crippen molar-refractivity contribution in [2.24, 2.45) is 4.99 Å². The topological polar surface area (TPSA) is 57.2 Å². The Morgan fingerprint density at radius 3 is 2.76 bits per heavy atom. The molecule has 2 N–H and O–H groups in total. The first-order valence-electron chi connectivity index (χ1n) is 7.73. The van der Waals surface area contributed by atoms with Crippen LogP contribution >= 0.6 is 23.4 Å². The zero-order valence-corrected chi connectivity index (χ0v) is 14.9. The second kappa shape index (κ2) is 6.43. The lowest BCUT2D eigenvalue weighted by atomic mass is 10.1. The van der Waals surface area contributed by atoms with Crippen LogP contribution in [0, 0.1) is 6.92 Å². The summed E-state index contributed by atoms with van der Waals surface area (Å²) in [6.45, 7) is 2.00. The van der Waals surface area contributed by atoms with E-state index in [1.807, 2.05) is 55.5 Å². The Hall–Kier alpha value is -2.50. The van der Waals surface area contributed by atoms with E-state index in [2.05, 4.69) is 15.3 Å². The third-order valence-electron chi connectivity index (χ3n) is 3.95. The van der Waals surface area contributed by atoms with Crippen molar-refractivity contribution >= 4 is 57.1 Å². The number of thioether (sulfide) groups is 1. The first-order chi connectivity index (χ1) is 12.1. The molecule has 0 spiro atoms. The molecule has 1 aliphatic rings. The smallest absolute Gasteiger partial charge is 0.286 e. The van der Waals surface area contributed by atoms with Crippen molar-refractivity contribution in [2.45, 2.75) is 6.92 Å². The normalized spacial score (nSPS) is 15.8. The average Bonchev–Trinajstić information content (AvgIpc) is 3.10. The van der Waals surface area contributed by atoms with Gasteiger partial charge in [0.05, 0.1) is 15.6 Å². The molecule has 0 atom stereocenters. The number of rotatable bonds is 2. The first kappa shape index (κ1) is 16.0. The molecule has 25 heavy (non-hydrogen) atoms. The summed E-state index contributed by atoms with van der Waals surface area (Å²) in [5.41, 5.74) is 3.82. The molecule has 0 saturated carbocycles. The lowest BCUT2D eigenvalue weighted by Gasteiger charge is -2.05. The van der Waals surface area contributed by atoms with Crippen molar-refractivity contribution < 1.29 is 4.79 Å². The molecule has 1 aliphatic heterocycles. The Balaban J connectivity index is 1.63. The number of fused-ring (bicyclic) bond motifs is 1. The number of aromatic nitrogens is 1. The maximum atomic E-state index is 12.3. The molecular weight excluding hydrogens is 354 g/mol. The van der Waals surface area contributed by atoms with Crippen LogP contribution in [0.5, 0.6) is 0 Å². The molecule has 2 aromatic carbocycles. The van der Waals surface area contributed by atoms with Crippen LogP contribution in [-0.4, -0.2) is 16.1 Å². The number of H-pyrrole nitrogens is 1. The number of carbonyl (C=O) groups is 1. The molecule has 0 fully saturated rings. The van der Waals surface area contributed by atoms with E-state index >= 15 is 0 Å². The van der Waals surface area contributed by atoms with Crippen molar-refractivity contribution in [1.29, 1.82) is 0 Å². The number of para-hydroxylation sites is 2. The molecule has 3 aromatic rings. The SMILES string of the molecule is Cc1[nH]c2ccccc2c1/C=C1\SC(Nc2ccccc2Cl)=NC1=O. The summed E-state index contributed by atoms with van der Waals surface area (Å²) >= 11 is 7.46. The quantitative estimate of drug-likeness (QED) is 0.611. The molecule has 1 amide bonds. The van der Waals surface area contributed by atoms with Gasteiger partial charge in [0, 0.05) is 22.2 Å². The number of amidine groups is 1. The Kier molecular flexibility index (Phi) is 4.11. The Bertz CT molecular complexity index is 1050. The number of hydrogen-bond acceptors (Lipinski definition) is 3. The summed E-state index contributed by atoms with van der Waals surface area (Å²) < 4.78 is 0. The Labute approximate surface area is 154 Å². The summed E-state index contributed by atoms with van der Waals surface area (Å²) in [7, 11) is 0. The fourth-order valence-electron chi connectivity index (χ4n) is 2.76. The predicted molar refractivity (Wildman–Crippen MR) is 106 cm³/mol. The summed E-state index contributed by atoms with van der Waals surface area (Å²) in [5, 5.41) is 5.32. The molecule has 1 aromatic heterocycles. The number of halogens is 1. The van der Waals surface area contributed by atoms with Gasteiger partial charge >= 0.3 is 0 Å². The van der Waals surface area contributed by atoms with Gasteiger partial charge in [-0.15, -0.1) is 0 Å². The van der Waals surface area contributed by atoms with Crippen molar-refractivity contribution in [3.8, 4) is 0 Å². The molecule has 0 saturated heterocycles. The van der Waals surface area contributed by atoms with E-state index in [-0.39, 0.29) is 5.91 Å². The third-order valence-corrected chi connectivity index (χ3v) is 5.18. The number of hydrogen-bond donors (Lipinski definition) is 2. The minimum Gasteiger partial charge on any atom is -0.358 e. The van der Waals surface area contributed by atoms with E-state index < -0.39 is 0 Å². The summed E-state index contributed by atoms with van der Waals surface area (Å²) in [6.07, 6.45) is 1.89. The summed E-state index contributed by atoms with van der Waals surface area (Å²) in [5.74, 6) is -0.246. The number of aryl methyl sites for hydroxylation is 1. The van der Waals surface area contributed by atoms with Gasteiger partial charge in [0.15, 0.2) is 5.17 Å². The van der Waals surface area contributed by atoms with Crippen molar-refractivity contribution in [2.75, 3.05) is 5.32 Å². The van der Waals surface area contributed by atoms with E-state index in [1.54, 1.807) is 6.07 Å². The molecule has 124 valence electrons. The minimum atomic E-state index is -0.246. The number of anilines is 1. The van der Waals surface area contributed by atoms with Crippen LogP contribution in [0.15, 0.2) is 58.4 Å². The number of nitrogens with one attached hydrogen (secondary N) is 2. The van der Waals surface area contributed by atoms with Crippen LogP contribution in [0.25, 0.3) is 17.0 Å². The number of amides is 1. The number of benzene rings is 2. The molecule has 0 aliphatic carbocycles. The molecule has 0 bridgehead atoms. The van der Waals surface area contributed by atoms with Gasteiger partial charge in [-0.25, -0.2) is 0 Å². The van der Waals surface area contributed by atoms with E-state index in [4.69, 9.17) is 11.6 Å². The zero-order valence-electron chi connectivity index (χ0n) is 13.3. The number of nitrogens with zero attached hydrogens (tertiary/aromatic N) is 1. The van der Waals surface area contributed by atoms with Crippen LogP contribution in [0.2, 0.25) is 5.02 Å². The monoisotopic (exact) mass is 367 g/mol. The molecule has 4 rings (SSSR count). The predicted octanol–water partition coefficient (Wildman–Crippen LogP) is 5.21. The van der Waals surface area contributed by atoms with Gasteiger partial charge in [-0.05, 0) is 43.0 Å². The highest BCUT2D eigenvalue weighted by atomic mass is 35.5. The second-order valence-electron chi connectivity index (χ2n) is 5.65. The van der Waals surface area contributed by atoms with Crippen molar-refractivity contribution in [3.05, 3.63) is 69.7 Å². The van der Waals surface area contributed by atoms with Gasteiger partial charge in [-0.2, -0.15) is 4.99 Å². The van der Waals surface area contributed by atoms with E-state index in [1.165, 1.54) is 11.8 Å². The number of aromatic amines is 1. The van der Waals surface area contributed by atoms with Crippen LogP contribution in [0.4, 0.5) is 5.69 Å². The van der Waals surface area contributed by atoms with Gasteiger partial charge in [-0.3, -0.25) is 4.79 Å². The highest BCUT2D eigenvalue weighted by molar-refractivity contribution is 8.18. The first-order valence-corrected chi connectivity index (χ1v) is 8.93. The standard InChI is InChI=1S/C19H14ClN3OS/c1-11-13(12-6-2-4-8-15(12)21-11)10-17-18(24)23-19(25-17)22-16-9-5-3-7-14(16)20/h2-10,21H,1H3,(H,22,23,24)/b17-10-. The number of carbonyl (C=O) groups excluding carboxylic acids is 1. The van der Waals surface area contributed by atoms with Gasteiger partial charge in [0.25, 0.3) is 5.91 Å². The van der Waals surface area contributed by atoms with Crippen LogP contribution in [-0.2, 0) is 4.79 Å².